The van der Waals surface area contributed by atoms with E-state index in [9.17, 15) is 27.4 Å². The summed E-state index contributed by atoms with van der Waals surface area (Å²) in [7, 11) is -2.25. The first kappa shape index (κ1) is 29.4. The standard InChI is InChI=1S/C26H29ClF2N2O6S/c1-36-24-9-7-18(14-25(24)37-26(28)29)21(12-16-4-3-5-19(27)10-16)30-15-20(32)11-17-6-8-23(33)22(13-17)31-38(2,34)35/h3-10,13-14,20-21,26,30-33H,11-12,15H2,1-2H3/t20-,21+/m0/s1. The Balaban J connectivity index is 1.79. The lowest BCUT2D eigenvalue weighted by Gasteiger charge is -2.23. The van der Waals surface area contributed by atoms with Gasteiger partial charge in [-0.2, -0.15) is 8.78 Å². The lowest BCUT2D eigenvalue weighted by atomic mass is 9.97. The zero-order chi connectivity index (χ0) is 27.9. The molecule has 0 aliphatic heterocycles. The summed E-state index contributed by atoms with van der Waals surface area (Å²) in [5, 5.41) is 24.5. The molecule has 0 amide bonds. The predicted molar refractivity (Wildman–Crippen MR) is 142 cm³/mol. The third-order valence-corrected chi connectivity index (χ3v) is 6.39. The van der Waals surface area contributed by atoms with Gasteiger partial charge in [-0.1, -0.05) is 35.9 Å². The van der Waals surface area contributed by atoms with Crippen molar-refractivity contribution in [3.8, 4) is 17.2 Å². The molecule has 0 spiro atoms. The van der Waals surface area contributed by atoms with Crippen LogP contribution in [0.2, 0.25) is 5.02 Å². The fourth-order valence-electron chi connectivity index (χ4n) is 3.92. The number of aliphatic hydroxyl groups excluding tert-OH is 1. The minimum Gasteiger partial charge on any atom is -0.506 e. The quantitative estimate of drug-likeness (QED) is 0.223. The van der Waals surface area contributed by atoms with Crippen molar-refractivity contribution in [3.05, 3.63) is 82.4 Å². The van der Waals surface area contributed by atoms with E-state index in [0.29, 0.717) is 22.6 Å². The van der Waals surface area contributed by atoms with Crippen LogP contribution in [0.3, 0.4) is 0 Å². The highest BCUT2D eigenvalue weighted by molar-refractivity contribution is 7.92. The number of phenols is 1. The number of aromatic hydroxyl groups is 1. The lowest BCUT2D eigenvalue weighted by molar-refractivity contribution is -0.0512. The highest BCUT2D eigenvalue weighted by Crippen LogP contribution is 2.33. The smallest absolute Gasteiger partial charge is 0.387 e. The Morgan fingerprint density at radius 2 is 1.74 bits per heavy atom. The van der Waals surface area contributed by atoms with E-state index in [1.807, 2.05) is 6.07 Å². The Morgan fingerprint density at radius 1 is 1.00 bits per heavy atom. The van der Waals surface area contributed by atoms with Crippen LogP contribution in [0.5, 0.6) is 17.2 Å². The van der Waals surface area contributed by atoms with Crippen molar-refractivity contribution in [2.24, 2.45) is 0 Å². The van der Waals surface area contributed by atoms with E-state index in [0.717, 1.165) is 11.8 Å². The summed E-state index contributed by atoms with van der Waals surface area (Å²) in [6.07, 6.45) is 0.643. The minimum absolute atomic E-state index is 0.00813. The van der Waals surface area contributed by atoms with Crippen LogP contribution in [0.4, 0.5) is 14.5 Å². The maximum absolute atomic E-state index is 13.0. The molecule has 0 fully saturated rings. The van der Waals surface area contributed by atoms with Crippen LogP contribution in [0.15, 0.2) is 60.7 Å². The molecule has 0 bridgehead atoms. The first-order valence-electron chi connectivity index (χ1n) is 11.5. The second-order valence-electron chi connectivity index (χ2n) is 8.67. The number of anilines is 1. The molecule has 0 aromatic heterocycles. The van der Waals surface area contributed by atoms with Gasteiger partial charge in [0.15, 0.2) is 11.5 Å². The normalized spacial score (nSPS) is 13.2. The van der Waals surface area contributed by atoms with Crippen LogP contribution in [0.1, 0.15) is 22.7 Å². The van der Waals surface area contributed by atoms with Crippen LogP contribution < -0.4 is 19.5 Å². The highest BCUT2D eigenvalue weighted by atomic mass is 35.5. The van der Waals surface area contributed by atoms with E-state index < -0.39 is 28.8 Å². The summed E-state index contributed by atoms with van der Waals surface area (Å²) in [6.45, 7) is -2.93. The molecule has 206 valence electrons. The summed E-state index contributed by atoms with van der Waals surface area (Å²) in [6, 6.07) is 15.9. The summed E-state index contributed by atoms with van der Waals surface area (Å²) in [4.78, 5) is 0. The van der Waals surface area contributed by atoms with Gasteiger partial charge in [0.1, 0.15) is 5.75 Å². The fourth-order valence-corrected chi connectivity index (χ4v) is 4.70. The lowest BCUT2D eigenvalue weighted by Crippen LogP contribution is -2.32. The second kappa shape index (κ2) is 13.1. The number of hydrogen-bond acceptors (Lipinski definition) is 7. The van der Waals surface area contributed by atoms with E-state index in [-0.39, 0.29) is 35.9 Å². The number of benzene rings is 3. The van der Waals surface area contributed by atoms with Crippen LogP contribution in [-0.2, 0) is 22.9 Å². The zero-order valence-corrected chi connectivity index (χ0v) is 22.3. The first-order valence-corrected chi connectivity index (χ1v) is 13.8. The summed E-state index contributed by atoms with van der Waals surface area (Å²) < 4.78 is 61.0. The van der Waals surface area contributed by atoms with Crippen molar-refractivity contribution in [2.75, 3.05) is 24.6 Å². The fraction of sp³-hybridized carbons (Fsp3) is 0.308. The van der Waals surface area contributed by atoms with Crippen molar-refractivity contribution in [1.29, 1.82) is 0 Å². The van der Waals surface area contributed by atoms with E-state index >= 15 is 0 Å². The number of ether oxygens (including phenoxy) is 2. The Morgan fingerprint density at radius 3 is 2.39 bits per heavy atom. The number of sulfonamides is 1. The highest BCUT2D eigenvalue weighted by Gasteiger charge is 2.19. The molecule has 0 saturated heterocycles. The van der Waals surface area contributed by atoms with Crippen molar-refractivity contribution >= 4 is 27.3 Å². The third kappa shape index (κ3) is 9.02. The second-order valence-corrected chi connectivity index (χ2v) is 10.9. The van der Waals surface area contributed by atoms with Crippen molar-refractivity contribution in [2.45, 2.75) is 31.6 Å². The van der Waals surface area contributed by atoms with Gasteiger partial charge < -0.3 is 25.0 Å². The predicted octanol–water partition coefficient (Wildman–Crippen LogP) is 4.50. The summed E-state index contributed by atoms with van der Waals surface area (Å²) >= 11 is 6.14. The van der Waals surface area contributed by atoms with Crippen LogP contribution in [-0.4, -0.2) is 51.3 Å². The van der Waals surface area contributed by atoms with Gasteiger partial charge in [-0.25, -0.2) is 8.42 Å². The number of hydrogen-bond donors (Lipinski definition) is 4. The van der Waals surface area contributed by atoms with Gasteiger partial charge in [0.25, 0.3) is 0 Å². The molecule has 0 heterocycles. The summed E-state index contributed by atoms with van der Waals surface area (Å²) in [5.41, 5.74) is 2.10. The van der Waals surface area contributed by atoms with Crippen LogP contribution >= 0.6 is 11.6 Å². The van der Waals surface area contributed by atoms with Crippen molar-refractivity contribution < 1.29 is 36.9 Å². The number of alkyl halides is 2. The van der Waals surface area contributed by atoms with Crippen LogP contribution in [0, 0.1) is 0 Å². The number of methoxy groups -OCH3 is 1. The van der Waals surface area contributed by atoms with Gasteiger partial charge in [-0.05, 0) is 65.9 Å². The van der Waals surface area contributed by atoms with Gasteiger partial charge in [0, 0.05) is 17.6 Å². The molecule has 0 saturated carbocycles. The molecule has 3 aromatic rings. The molecular formula is C26H29ClF2N2O6S. The molecule has 0 radical (unpaired) electrons. The molecule has 0 aliphatic carbocycles. The van der Waals surface area contributed by atoms with E-state index in [1.54, 1.807) is 30.3 Å². The van der Waals surface area contributed by atoms with Gasteiger partial charge in [-0.3, -0.25) is 4.72 Å². The first-order chi connectivity index (χ1) is 17.9. The number of phenolic OH excluding ortho intramolecular Hbond substituents is 1. The molecule has 0 aliphatic rings. The molecule has 3 rings (SSSR count). The SMILES string of the molecule is COc1ccc([C@@H](Cc2cccc(Cl)c2)NC[C@@H](O)Cc2ccc(O)c(NS(C)(=O)=O)c2)cc1OC(F)F. The Labute approximate surface area is 225 Å². The Kier molecular flexibility index (Phi) is 10.1. The average Bonchev–Trinajstić information content (AvgIpc) is 2.82. The van der Waals surface area contributed by atoms with Gasteiger partial charge in [0.05, 0.1) is 25.2 Å². The zero-order valence-electron chi connectivity index (χ0n) is 20.7. The number of halogens is 3. The molecule has 12 heteroatoms. The van der Waals surface area contributed by atoms with Crippen LogP contribution in [0.25, 0.3) is 0 Å². The maximum atomic E-state index is 13.0. The molecular weight excluding hydrogens is 542 g/mol. The molecule has 3 aromatic carbocycles. The van der Waals surface area contributed by atoms with E-state index in [4.69, 9.17) is 16.3 Å². The molecule has 2 atom stereocenters. The molecule has 0 unspecified atom stereocenters. The van der Waals surface area contributed by atoms with Gasteiger partial charge in [-0.15, -0.1) is 0 Å². The monoisotopic (exact) mass is 570 g/mol. The Bertz CT molecular complexity index is 1340. The topological polar surface area (TPSA) is 117 Å². The van der Waals surface area contributed by atoms with Gasteiger partial charge >= 0.3 is 6.61 Å². The summed E-state index contributed by atoms with van der Waals surface area (Å²) in [5.74, 6) is -0.204. The number of aliphatic hydroxyl groups is 1. The van der Waals surface area contributed by atoms with Crippen molar-refractivity contribution in [3.63, 3.8) is 0 Å². The molecule has 38 heavy (non-hydrogen) atoms. The average molecular weight is 571 g/mol. The number of rotatable bonds is 13. The Hall–Kier alpha value is -3.12. The largest absolute Gasteiger partial charge is 0.506 e. The van der Waals surface area contributed by atoms with E-state index in [1.165, 1.54) is 31.4 Å². The third-order valence-electron chi connectivity index (χ3n) is 5.56. The molecule has 8 nitrogen and oxygen atoms in total. The van der Waals surface area contributed by atoms with E-state index in [2.05, 4.69) is 14.8 Å². The van der Waals surface area contributed by atoms with Crippen molar-refractivity contribution in [1.82, 2.24) is 5.32 Å². The van der Waals surface area contributed by atoms with Gasteiger partial charge in [0.2, 0.25) is 10.0 Å². The minimum atomic E-state index is -3.61. The maximum Gasteiger partial charge on any atom is 0.387 e. The number of nitrogens with one attached hydrogen (secondary N) is 2. The molecule has 4 N–H and O–H groups in total.